The summed E-state index contributed by atoms with van der Waals surface area (Å²) in [6.07, 6.45) is 5.41. The Morgan fingerprint density at radius 1 is 1.43 bits per heavy atom. The normalized spacial score (nSPS) is 17.4. The average molecular weight is 259 g/mol. The minimum atomic E-state index is 0.725. The lowest BCUT2D eigenvalue weighted by Gasteiger charge is -2.16. The largest absolute Gasteiger partial charge is 0.498 e. The van der Waals surface area contributed by atoms with Crippen molar-refractivity contribution in [1.29, 1.82) is 0 Å². The van der Waals surface area contributed by atoms with Crippen LogP contribution in [0, 0.1) is 5.92 Å². The molecule has 0 unspecified atom stereocenters. The summed E-state index contributed by atoms with van der Waals surface area (Å²) < 4.78 is 7.03. The van der Waals surface area contributed by atoms with Crippen LogP contribution in [0.4, 0.5) is 0 Å². The van der Waals surface area contributed by atoms with E-state index in [2.05, 4.69) is 42.8 Å². The third kappa shape index (κ3) is 3.87. The van der Waals surface area contributed by atoms with Gasteiger partial charge in [0.1, 0.15) is 0 Å². The third-order valence-electron chi connectivity index (χ3n) is 2.38. The second kappa shape index (κ2) is 5.59. The molecule has 2 heteroatoms. The van der Waals surface area contributed by atoms with Crippen LogP contribution in [-0.4, -0.2) is 6.61 Å². The van der Waals surface area contributed by atoms with E-state index in [9.17, 15) is 0 Å². The van der Waals surface area contributed by atoms with E-state index in [-0.39, 0.29) is 0 Å². The van der Waals surface area contributed by atoms with Crippen LogP contribution in [0.15, 0.2) is 21.9 Å². The monoisotopic (exact) mass is 258 g/mol. The molecule has 0 atom stereocenters. The standard InChI is InChI=1S/C12H19BrO/c1-9(2)6-7-14-11-4-5-12(13)10(3)8-11/h8-9H,4-7H2,1-3H3. The van der Waals surface area contributed by atoms with Crippen LogP contribution in [0.2, 0.25) is 0 Å². The molecule has 0 saturated carbocycles. The molecule has 0 N–H and O–H groups in total. The molecule has 80 valence electrons. The highest BCUT2D eigenvalue weighted by Crippen LogP contribution is 2.28. The molecular weight excluding hydrogens is 240 g/mol. The van der Waals surface area contributed by atoms with E-state index in [4.69, 9.17) is 4.74 Å². The van der Waals surface area contributed by atoms with Crippen LogP contribution in [0.1, 0.15) is 40.0 Å². The molecule has 0 aromatic rings. The predicted molar refractivity (Wildman–Crippen MR) is 64.4 cm³/mol. The van der Waals surface area contributed by atoms with Crippen molar-refractivity contribution in [2.24, 2.45) is 5.92 Å². The maximum absolute atomic E-state index is 5.72. The van der Waals surface area contributed by atoms with Gasteiger partial charge in [-0.05, 0) is 41.8 Å². The van der Waals surface area contributed by atoms with E-state index in [0.29, 0.717) is 0 Å². The van der Waals surface area contributed by atoms with Gasteiger partial charge in [0, 0.05) is 6.42 Å². The molecule has 0 aromatic carbocycles. The third-order valence-corrected chi connectivity index (χ3v) is 3.40. The van der Waals surface area contributed by atoms with Gasteiger partial charge in [-0.1, -0.05) is 29.8 Å². The highest BCUT2D eigenvalue weighted by molar-refractivity contribution is 9.11. The molecular formula is C12H19BrO. The summed E-state index contributed by atoms with van der Waals surface area (Å²) in [4.78, 5) is 0. The number of rotatable bonds is 4. The first kappa shape index (κ1) is 11.8. The van der Waals surface area contributed by atoms with Gasteiger partial charge in [0.15, 0.2) is 0 Å². The van der Waals surface area contributed by atoms with Gasteiger partial charge in [0.25, 0.3) is 0 Å². The van der Waals surface area contributed by atoms with E-state index in [1.807, 2.05) is 0 Å². The number of halogens is 1. The van der Waals surface area contributed by atoms with Gasteiger partial charge in [0.05, 0.1) is 12.4 Å². The van der Waals surface area contributed by atoms with Gasteiger partial charge >= 0.3 is 0 Å². The molecule has 1 aliphatic rings. The van der Waals surface area contributed by atoms with Crippen molar-refractivity contribution in [3.8, 4) is 0 Å². The lowest BCUT2D eigenvalue weighted by molar-refractivity contribution is 0.186. The van der Waals surface area contributed by atoms with Crippen molar-refractivity contribution in [2.75, 3.05) is 6.61 Å². The molecule has 1 nitrogen and oxygen atoms in total. The van der Waals surface area contributed by atoms with E-state index in [1.54, 1.807) is 0 Å². The Morgan fingerprint density at radius 3 is 2.71 bits per heavy atom. The Morgan fingerprint density at radius 2 is 2.14 bits per heavy atom. The first-order chi connectivity index (χ1) is 6.59. The number of ether oxygens (including phenoxy) is 1. The number of hydrogen-bond donors (Lipinski definition) is 0. The summed E-state index contributed by atoms with van der Waals surface area (Å²) in [5.74, 6) is 1.87. The first-order valence-electron chi connectivity index (χ1n) is 5.28. The van der Waals surface area contributed by atoms with E-state index in [1.165, 1.54) is 10.1 Å². The molecule has 1 rings (SSSR count). The maximum atomic E-state index is 5.72. The average Bonchev–Trinajstić information content (AvgIpc) is 2.10. The molecule has 1 aliphatic carbocycles. The fraction of sp³-hybridized carbons (Fsp3) is 0.667. The Balaban J connectivity index is 2.36. The van der Waals surface area contributed by atoms with Crippen LogP contribution in [0.3, 0.4) is 0 Å². The molecule has 0 fully saturated rings. The Kier molecular flexibility index (Phi) is 4.73. The van der Waals surface area contributed by atoms with Crippen molar-refractivity contribution < 1.29 is 4.74 Å². The molecule has 0 amide bonds. The molecule has 0 aromatic heterocycles. The summed E-state index contributed by atoms with van der Waals surface area (Å²) in [5, 5.41) is 0. The molecule has 0 saturated heterocycles. The quantitative estimate of drug-likeness (QED) is 0.727. The summed E-state index contributed by atoms with van der Waals surface area (Å²) >= 11 is 3.55. The molecule has 14 heavy (non-hydrogen) atoms. The molecule has 0 bridgehead atoms. The highest BCUT2D eigenvalue weighted by Gasteiger charge is 2.09. The summed E-state index contributed by atoms with van der Waals surface area (Å²) in [6, 6.07) is 0. The smallest absolute Gasteiger partial charge is 0.0966 e. The fourth-order valence-electron chi connectivity index (χ4n) is 1.36. The van der Waals surface area contributed by atoms with Crippen molar-refractivity contribution in [3.05, 3.63) is 21.9 Å². The van der Waals surface area contributed by atoms with E-state index in [0.717, 1.165) is 37.5 Å². The number of allylic oxidation sites excluding steroid dienone is 4. The second-order valence-electron chi connectivity index (χ2n) is 4.23. The van der Waals surface area contributed by atoms with Gasteiger partial charge in [-0.15, -0.1) is 0 Å². The Hall–Kier alpha value is -0.240. The minimum Gasteiger partial charge on any atom is -0.498 e. The van der Waals surface area contributed by atoms with Crippen molar-refractivity contribution in [3.63, 3.8) is 0 Å². The van der Waals surface area contributed by atoms with Crippen LogP contribution in [-0.2, 0) is 4.74 Å². The first-order valence-corrected chi connectivity index (χ1v) is 6.07. The lowest BCUT2D eigenvalue weighted by atomic mass is 10.1. The fourth-order valence-corrected chi connectivity index (χ4v) is 1.67. The zero-order valence-corrected chi connectivity index (χ0v) is 10.9. The maximum Gasteiger partial charge on any atom is 0.0966 e. The second-order valence-corrected chi connectivity index (χ2v) is 5.19. The predicted octanol–water partition coefficient (Wildman–Crippen LogP) is 4.40. The summed E-state index contributed by atoms with van der Waals surface area (Å²) in [5.41, 5.74) is 1.30. The van der Waals surface area contributed by atoms with Gasteiger partial charge in [0.2, 0.25) is 0 Å². The van der Waals surface area contributed by atoms with E-state index < -0.39 is 0 Å². The van der Waals surface area contributed by atoms with Crippen molar-refractivity contribution >= 4 is 15.9 Å². The molecule has 0 aliphatic heterocycles. The highest BCUT2D eigenvalue weighted by atomic mass is 79.9. The minimum absolute atomic E-state index is 0.725. The van der Waals surface area contributed by atoms with Crippen LogP contribution in [0.25, 0.3) is 0 Å². The zero-order valence-electron chi connectivity index (χ0n) is 9.27. The molecule has 0 heterocycles. The number of hydrogen-bond acceptors (Lipinski definition) is 1. The van der Waals surface area contributed by atoms with Gasteiger partial charge in [-0.3, -0.25) is 0 Å². The molecule has 0 radical (unpaired) electrons. The van der Waals surface area contributed by atoms with E-state index >= 15 is 0 Å². The van der Waals surface area contributed by atoms with Gasteiger partial charge < -0.3 is 4.74 Å². The van der Waals surface area contributed by atoms with Crippen LogP contribution >= 0.6 is 15.9 Å². The van der Waals surface area contributed by atoms with Gasteiger partial charge in [-0.25, -0.2) is 0 Å². The summed E-state index contributed by atoms with van der Waals surface area (Å²) in [6.45, 7) is 7.42. The molecule has 0 spiro atoms. The van der Waals surface area contributed by atoms with Crippen molar-refractivity contribution in [1.82, 2.24) is 0 Å². The van der Waals surface area contributed by atoms with Crippen molar-refractivity contribution in [2.45, 2.75) is 40.0 Å². The Labute approximate surface area is 95.3 Å². The topological polar surface area (TPSA) is 9.23 Å². The van der Waals surface area contributed by atoms with Gasteiger partial charge in [-0.2, -0.15) is 0 Å². The summed E-state index contributed by atoms with van der Waals surface area (Å²) in [7, 11) is 0. The van der Waals surface area contributed by atoms with Crippen LogP contribution < -0.4 is 0 Å². The zero-order chi connectivity index (χ0) is 10.6. The Bertz CT molecular complexity index is 251. The van der Waals surface area contributed by atoms with Crippen LogP contribution in [0.5, 0.6) is 0 Å². The SMILES string of the molecule is CC1=C(Br)CCC(OCCC(C)C)=C1. The lowest BCUT2D eigenvalue weighted by Crippen LogP contribution is -2.02.